The molecule has 0 spiro atoms. The highest BCUT2D eigenvalue weighted by Gasteiger charge is 2.20. The molecule has 1 aromatic carbocycles. The zero-order valence-electron chi connectivity index (χ0n) is 17.1. The van der Waals surface area contributed by atoms with Crippen LogP contribution in [0.4, 0.5) is 0 Å². The first-order valence-corrected chi connectivity index (χ1v) is 10.2. The molecule has 2 aliphatic rings. The molecule has 0 aromatic heterocycles. The molecule has 0 amide bonds. The van der Waals surface area contributed by atoms with Crippen molar-refractivity contribution < 1.29 is 24.1 Å². The van der Waals surface area contributed by atoms with Gasteiger partial charge < -0.3 is 24.1 Å². The van der Waals surface area contributed by atoms with Crippen LogP contribution < -0.4 is 9.47 Å². The SMILES string of the molecule is COc1cc(CN2CCC(OC)CC2)ccc1OCC(O)CN1CCOCC1. The van der Waals surface area contributed by atoms with Crippen molar-refractivity contribution in [1.29, 1.82) is 0 Å². The predicted molar refractivity (Wildman–Crippen MR) is 107 cm³/mol. The molecule has 0 aliphatic carbocycles. The highest BCUT2D eigenvalue weighted by atomic mass is 16.5. The van der Waals surface area contributed by atoms with Crippen molar-refractivity contribution in [2.45, 2.75) is 31.6 Å². The fraction of sp³-hybridized carbons (Fsp3) is 0.714. The van der Waals surface area contributed by atoms with Gasteiger partial charge in [0.05, 0.1) is 26.4 Å². The van der Waals surface area contributed by atoms with E-state index in [-0.39, 0.29) is 6.61 Å². The summed E-state index contributed by atoms with van der Waals surface area (Å²) in [6.07, 6.45) is 2.01. The zero-order valence-corrected chi connectivity index (χ0v) is 17.1. The second kappa shape index (κ2) is 11.0. The van der Waals surface area contributed by atoms with E-state index < -0.39 is 6.10 Å². The molecule has 1 N–H and O–H groups in total. The van der Waals surface area contributed by atoms with E-state index in [1.165, 1.54) is 5.56 Å². The number of rotatable bonds is 9. The summed E-state index contributed by atoms with van der Waals surface area (Å²) in [6, 6.07) is 6.05. The minimum atomic E-state index is -0.537. The number of aliphatic hydroxyl groups is 1. The number of methoxy groups -OCH3 is 2. The average Bonchev–Trinajstić information content (AvgIpc) is 2.74. The molecule has 2 heterocycles. The summed E-state index contributed by atoms with van der Waals surface area (Å²) in [4.78, 5) is 4.64. The summed E-state index contributed by atoms with van der Waals surface area (Å²) in [5.41, 5.74) is 1.20. The molecule has 7 heteroatoms. The first kappa shape index (κ1) is 21.3. The van der Waals surface area contributed by atoms with Gasteiger partial charge in [-0.25, -0.2) is 0 Å². The normalized spacial score (nSPS) is 20.8. The molecule has 0 radical (unpaired) electrons. The maximum atomic E-state index is 10.3. The summed E-state index contributed by atoms with van der Waals surface area (Å²) in [7, 11) is 3.45. The monoisotopic (exact) mass is 394 g/mol. The van der Waals surface area contributed by atoms with Crippen LogP contribution in [0.5, 0.6) is 11.5 Å². The van der Waals surface area contributed by atoms with E-state index in [4.69, 9.17) is 18.9 Å². The number of nitrogens with zero attached hydrogens (tertiary/aromatic N) is 2. The Morgan fingerprint density at radius 1 is 1.07 bits per heavy atom. The first-order chi connectivity index (χ1) is 13.7. The predicted octanol–water partition coefficient (Wildman–Crippen LogP) is 1.38. The molecule has 0 bridgehead atoms. The molecule has 1 unspecified atom stereocenters. The van der Waals surface area contributed by atoms with Crippen molar-refractivity contribution in [1.82, 2.24) is 9.80 Å². The molecule has 0 saturated carbocycles. The lowest BCUT2D eigenvalue weighted by molar-refractivity contribution is 0.00445. The lowest BCUT2D eigenvalue weighted by atomic mass is 10.1. The lowest BCUT2D eigenvalue weighted by Crippen LogP contribution is -2.42. The Bertz CT molecular complexity index is 586. The van der Waals surface area contributed by atoms with E-state index in [2.05, 4.69) is 15.9 Å². The van der Waals surface area contributed by atoms with Crippen molar-refractivity contribution in [3.63, 3.8) is 0 Å². The largest absolute Gasteiger partial charge is 0.493 e. The highest BCUT2D eigenvalue weighted by molar-refractivity contribution is 5.43. The first-order valence-electron chi connectivity index (χ1n) is 10.2. The Morgan fingerprint density at radius 2 is 1.82 bits per heavy atom. The van der Waals surface area contributed by atoms with E-state index >= 15 is 0 Å². The number of morpholine rings is 1. The molecule has 7 nitrogen and oxygen atoms in total. The van der Waals surface area contributed by atoms with E-state index in [1.807, 2.05) is 12.1 Å². The van der Waals surface area contributed by atoms with Crippen LogP contribution in [0.1, 0.15) is 18.4 Å². The minimum Gasteiger partial charge on any atom is -0.493 e. The fourth-order valence-corrected chi connectivity index (χ4v) is 3.81. The van der Waals surface area contributed by atoms with Gasteiger partial charge in [-0.1, -0.05) is 6.07 Å². The number of β-amino-alcohol motifs (C(OH)–C–C–N with tert-alkyl or cyclic N) is 1. The van der Waals surface area contributed by atoms with Crippen molar-refractivity contribution in [2.24, 2.45) is 0 Å². The summed E-state index contributed by atoms with van der Waals surface area (Å²) in [5, 5.41) is 10.3. The maximum absolute atomic E-state index is 10.3. The zero-order chi connectivity index (χ0) is 19.8. The third kappa shape index (κ3) is 6.32. The Kier molecular flexibility index (Phi) is 8.36. The average molecular weight is 395 g/mol. The van der Waals surface area contributed by atoms with Gasteiger partial charge in [0.15, 0.2) is 11.5 Å². The van der Waals surface area contributed by atoms with Gasteiger partial charge in [0.25, 0.3) is 0 Å². The summed E-state index contributed by atoms with van der Waals surface area (Å²) in [6.45, 7) is 7.01. The second-order valence-corrected chi connectivity index (χ2v) is 7.57. The van der Waals surface area contributed by atoms with Gasteiger partial charge in [-0.3, -0.25) is 9.80 Å². The molecule has 28 heavy (non-hydrogen) atoms. The van der Waals surface area contributed by atoms with Crippen LogP contribution in [0.15, 0.2) is 18.2 Å². The molecule has 1 atom stereocenters. The number of ether oxygens (including phenoxy) is 4. The Balaban J connectivity index is 1.48. The van der Waals surface area contributed by atoms with E-state index in [0.717, 1.165) is 58.8 Å². The van der Waals surface area contributed by atoms with Gasteiger partial charge in [-0.2, -0.15) is 0 Å². The van der Waals surface area contributed by atoms with Crippen LogP contribution >= 0.6 is 0 Å². The number of likely N-dealkylation sites (tertiary alicyclic amines) is 1. The van der Waals surface area contributed by atoms with Gasteiger partial charge in [0.2, 0.25) is 0 Å². The smallest absolute Gasteiger partial charge is 0.161 e. The number of aliphatic hydroxyl groups excluding tert-OH is 1. The lowest BCUT2D eigenvalue weighted by Gasteiger charge is -2.31. The van der Waals surface area contributed by atoms with Crippen LogP contribution in [-0.2, 0) is 16.0 Å². The second-order valence-electron chi connectivity index (χ2n) is 7.57. The number of hydrogen-bond donors (Lipinski definition) is 1. The summed E-state index contributed by atoms with van der Waals surface area (Å²) >= 11 is 0. The molecular formula is C21H34N2O5. The number of piperidine rings is 1. The standard InChI is InChI=1S/C21H34N2O5/c1-25-19-5-7-22(8-6-19)14-17-3-4-20(21(13-17)26-2)28-16-18(24)15-23-9-11-27-12-10-23/h3-4,13,18-19,24H,5-12,14-16H2,1-2H3. The van der Waals surface area contributed by atoms with E-state index in [1.54, 1.807) is 14.2 Å². The topological polar surface area (TPSA) is 63.6 Å². The Morgan fingerprint density at radius 3 is 2.50 bits per heavy atom. The highest BCUT2D eigenvalue weighted by Crippen LogP contribution is 2.29. The molecular weight excluding hydrogens is 360 g/mol. The van der Waals surface area contributed by atoms with Gasteiger partial charge in [0.1, 0.15) is 12.7 Å². The van der Waals surface area contributed by atoms with Crippen molar-refractivity contribution in [2.75, 3.05) is 66.8 Å². The Hall–Kier alpha value is -1.38. The van der Waals surface area contributed by atoms with Crippen LogP contribution in [0.3, 0.4) is 0 Å². The van der Waals surface area contributed by atoms with Gasteiger partial charge >= 0.3 is 0 Å². The van der Waals surface area contributed by atoms with Gasteiger partial charge in [-0.05, 0) is 30.5 Å². The number of benzene rings is 1. The van der Waals surface area contributed by atoms with Gasteiger partial charge in [0, 0.05) is 46.4 Å². The third-order valence-electron chi connectivity index (χ3n) is 5.51. The molecule has 3 rings (SSSR count). The van der Waals surface area contributed by atoms with Crippen LogP contribution in [0, 0.1) is 0 Å². The number of hydrogen-bond acceptors (Lipinski definition) is 7. The molecule has 158 valence electrons. The quantitative estimate of drug-likeness (QED) is 0.679. The molecule has 2 fully saturated rings. The molecule has 1 aromatic rings. The minimum absolute atomic E-state index is 0.248. The molecule has 2 aliphatic heterocycles. The summed E-state index contributed by atoms with van der Waals surface area (Å²) < 4.78 is 22.1. The summed E-state index contributed by atoms with van der Waals surface area (Å²) in [5.74, 6) is 1.38. The van der Waals surface area contributed by atoms with E-state index in [0.29, 0.717) is 24.1 Å². The maximum Gasteiger partial charge on any atom is 0.161 e. The van der Waals surface area contributed by atoms with Crippen LogP contribution in [0.25, 0.3) is 0 Å². The fourth-order valence-electron chi connectivity index (χ4n) is 3.81. The van der Waals surface area contributed by atoms with Crippen molar-refractivity contribution in [3.8, 4) is 11.5 Å². The van der Waals surface area contributed by atoms with Gasteiger partial charge in [-0.15, -0.1) is 0 Å². The Labute approximate surface area is 168 Å². The third-order valence-corrected chi connectivity index (χ3v) is 5.51. The van der Waals surface area contributed by atoms with Crippen LogP contribution in [-0.4, -0.2) is 93.9 Å². The van der Waals surface area contributed by atoms with Crippen LogP contribution in [0.2, 0.25) is 0 Å². The van der Waals surface area contributed by atoms with E-state index in [9.17, 15) is 5.11 Å². The van der Waals surface area contributed by atoms with Crippen molar-refractivity contribution >= 4 is 0 Å². The van der Waals surface area contributed by atoms with Crippen molar-refractivity contribution in [3.05, 3.63) is 23.8 Å². The molecule has 2 saturated heterocycles.